The second-order valence-corrected chi connectivity index (χ2v) is 8.77. The fourth-order valence-electron chi connectivity index (χ4n) is 5.40. The molecule has 3 aliphatic rings. The fraction of sp³-hybridized carbons (Fsp3) is 0.524. The Morgan fingerprint density at radius 1 is 1.36 bits per heavy atom. The maximum absolute atomic E-state index is 15.2. The van der Waals surface area contributed by atoms with Crippen LogP contribution in [-0.4, -0.2) is 34.1 Å². The van der Waals surface area contributed by atoms with Gasteiger partial charge in [0.1, 0.15) is 5.56 Å². The number of aromatic carboxylic acids is 1. The molecule has 3 fully saturated rings. The highest BCUT2D eigenvalue weighted by molar-refractivity contribution is 5.89. The van der Waals surface area contributed by atoms with Gasteiger partial charge in [-0.25, -0.2) is 9.18 Å². The summed E-state index contributed by atoms with van der Waals surface area (Å²) in [7, 11) is 0. The van der Waals surface area contributed by atoms with E-state index in [0.717, 1.165) is 50.4 Å². The molecule has 0 amide bonds. The van der Waals surface area contributed by atoms with Crippen molar-refractivity contribution in [1.82, 2.24) is 4.40 Å². The Kier molecular flexibility index (Phi) is 3.66. The van der Waals surface area contributed by atoms with Crippen LogP contribution in [0.1, 0.15) is 59.5 Å². The maximum atomic E-state index is 15.2. The van der Waals surface area contributed by atoms with Gasteiger partial charge in [0, 0.05) is 18.6 Å². The number of pyridine rings is 2. The van der Waals surface area contributed by atoms with Gasteiger partial charge in [-0.15, -0.1) is 0 Å². The van der Waals surface area contributed by atoms with Crippen LogP contribution in [0, 0.1) is 18.7 Å². The predicted molar refractivity (Wildman–Crippen MR) is 104 cm³/mol. The van der Waals surface area contributed by atoms with E-state index in [9.17, 15) is 14.7 Å². The van der Waals surface area contributed by atoms with Crippen molar-refractivity contribution < 1.29 is 14.3 Å². The molecule has 2 aromatic rings. The topological polar surface area (TPSA) is 88.0 Å². The van der Waals surface area contributed by atoms with Crippen molar-refractivity contribution in [1.29, 1.82) is 0 Å². The third kappa shape index (κ3) is 2.42. The molecular weight excluding hydrogens is 361 g/mol. The molecule has 2 aromatic heterocycles. The summed E-state index contributed by atoms with van der Waals surface area (Å²) in [5.74, 6) is -1.19. The number of hydrogen-bond donors (Lipinski definition) is 2. The van der Waals surface area contributed by atoms with Gasteiger partial charge in [-0.1, -0.05) is 6.42 Å². The molecule has 1 aliphatic heterocycles. The molecule has 7 heteroatoms. The van der Waals surface area contributed by atoms with E-state index in [2.05, 4.69) is 0 Å². The minimum absolute atomic E-state index is 0.226. The predicted octanol–water partition coefficient (Wildman–Crippen LogP) is 2.64. The van der Waals surface area contributed by atoms with E-state index in [0.29, 0.717) is 29.2 Å². The molecule has 2 aliphatic carbocycles. The quantitative estimate of drug-likeness (QED) is 0.848. The van der Waals surface area contributed by atoms with E-state index in [4.69, 9.17) is 5.73 Å². The molecule has 6 nitrogen and oxygen atoms in total. The fourth-order valence-corrected chi connectivity index (χ4v) is 5.40. The van der Waals surface area contributed by atoms with Gasteiger partial charge in [-0.2, -0.15) is 0 Å². The molecule has 0 aromatic carbocycles. The minimum Gasteiger partial charge on any atom is -0.477 e. The van der Waals surface area contributed by atoms with Crippen molar-refractivity contribution in [3.05, 3.63) is 45.1 Å². The van der Waals surface area contributed by atoms with Crippen LogP contribution in [0.2, 0.25) is 0 Å². The standard InChI is InChI=1S/C21H24FN3O3/c1-11-17-14(12-4-5-12)7-15(20(27)28)19(26)25(17)9-16(22)18(11)24-8-13-3-2-6-21(13,23)10-24/h7,9,12-13H,2-6,8,10,23H2,1H3,(H,27,28)/t13-,21-/m1/s1. The molecule has 148 valence electrons. The molecule has 0 radical (unpaired) electrons. The van der Waals surface area contributed by atoms with Crippen molar-refractivity contribution in [3.63, 3.8) is 0 Å². The van der Waals surface area contributed by atoms with Crippen LogP contribution in [0.3, 0.4) is 0 Å². The second-order valence-electron chi connectivity index (χ2n) is 8.77. The molecule has 2 atom stereocenters. The summed E-state index contributed by atoms with van der Waals surface area (Å²) in [5.41, 5.74) is 8.01. The molecule has 2 saturated carbocycles. The van der Waals surface area contributed by atoms with Crippen molar-refractivity contribution in [2.24, 2.45) is 11.7 Å². The summed E-state index contributed by atoms with van der Waals surface area (Å²) in [6.07, 6.45) is 6.21. The van der Waals surface area contributed by atoms with Crippen molar-refractivity contribution in [2.75, 3.05) is 18.0 Å². The van der Waals surface area contributed by atoms with Crippen LogP contribution in [0.4, 0.5) is 10.1 Å². The summed E-state index contributed by atoms with van der Waals surface area (Å²) >= 11 is 0. The number of aromatic nitrogens is 1. The van der Waals surface area contributed by atoms with Gasteiger partial charge in [0.25, 0.3) is 5.56 Å². The third-order valence-corrected chi connectivity index (χ3v) is 6.94. The summed E-state index contributed by atoms with van der Waals surface area (Å²) in [5, 5.41) is 9.41. The smallest absolute Gasteiger partial charge is 0.341 e. The number of anilines is 1. The monoisotopic (exact) mass is 385 g/mol. The van der Waals surface area contributed by atoms with Gasteiger partial charge in [-0.05, 0) is 61.6 Å². The van der Waals surface area contributed by atoms with Crippen molar-refractivity contribution in [2.45, 2.75) is 50.5 Å². The van der Waals surface area contributed by atoms with Crippen LogP contribution in [0.25, 0.3) is 5.52 Å². The minimum atomic E-state index is -1.28. The van der Waals surface area contributed by atoms with Crippen LogP contribution in [0.5, 0.6) is 0 Å². The Bertz CT molecular complexity index is 1070. The van der Waals surface area contributed by atoms with E-state index in [-0.39, 0.29) is 17.0 Å². The Labute approximate surface area is 161 Å². The van der Waals surface area contributed by atoms with Crippen LogP contribution in [-0.2, 0) is 0 Å². The third-order valence-electron chi connectivity index (χ3n) is 6.94. The largest absolute Gasteiger partial charge is 0.477 e. The Balaban J connectivity index is 1.72. The zero-order valence-corrected chi connectivity index (χ0v) is 15.9. The molecule has 3 N–H and O–H groups in total. The maximum Gasteiger partial charge on any atom is 0.341 e. The highest BCUT2D eigenvalue weighted by atomic mass is 19.1. The lowest BCUT2D eigenvalue weighted by molar-refractivity contribution is 0.0694. The van der Waals surface area contributed by atoms with Gasteiger partial charge >= 0.3 is 5.97 Å². The molecular formula is C21H24FN3O3. The van der Waals surface area contributed by atoms with E-state index in [1.165, 1.54) is 10.5 Å². The van der Waals surface area contributed by atoms with Crippen LogP contribution < -0.4 is 16.2 Å². The lowest BCUT2D eigenvalue weighted by Gasteiger charge is -2.26. The van der Waals surface area contributed by atoms with Gasteiger partial charge in [0.15, 0.2) is 5.82 Å². The molecule has 3 heterocycles. The van der Waals surface area contributed by atoms with Gasteiger partial charge in [-0.3, -0.25) is 9.20 Å². The Morgan fingerprint density at radius 3 is 2.75 bits per heavy atom. The number of nitrogens with zero attached hydrogens (tertiary/aromatic N) is 2. The van der Waals surface area contributed by atoms with E-state index in [1.807, 2.05) is 11.8 Å². The number of carboxylic acids is 1. The summed E-state index contributed by atoms with van der Waals surface area (Å²) in [6, 6.07) is 1.50. The highest BCUT2D eigenvalue weighted by Crippen LogP contribution is 2.46. The number of rotatable bonds is 3. The number of hydrogen-bond acceptors (Lipinski definition) is 4. The molecule has 0 bridgehead atoms. The first-order chi connectivity index (χ1) is 13.3. The molecule has 0 spiro atoms. The van der Waals surface area contributed by atoms with Gasteiger partial charge in [0.05, 0.1) is 17.4 Å². The number of fused-ring (bicyclic) bond motifs is 2. The van der Waals surface area contributed by atoms with E-state index < -0.39 is 17.3 Å². The zero-order chi connectivity index (χ0) is 19.8. The van der Waals surface area contributed by atoms with Crippen LogP contribution >= 0.6 is 0 Å². The van der Waals surface area contributed by atoms with E-state index >= 15 is 4.39 Å². The molecule has 1 saturated heterocycles. The van der Waals surface area contributed by atoms with E-state index in [1.54, 1.807) is 0 Å². The molecule has 0 unspecified atom stereocenters. The zero-order valence-electron chi connectivity index (χ0n) is 15.9. The Morgan fingerprint density at radius 2 is 2.11 bits per heavy atom. The van der Waals surface area contributed by atoms with Crippen LogP contribution in [0.15, 0.2) is 17.1 Å². The Hall–Kier alpha value is -2.41. The number of carboxylic acid groups (broad SMARTS) is 1. The normalized spacial score (nSPS) is 26.8. The van der Waals surface area contributed by atoms with Gasteiger partial charge < -0.3 is 15.7 Å². The van der Waals surface area contributed by atoms with Crippen molar-refractivity contribution in [3.8, 4) is 0 Å². The molecule has 5 rings (SSSR count). The summed E-state index contributed by atoms with van der Waals surface area (Å²) < 4.78 is 16.4. The average molecular weight is 385 g/mol. The summed E-state index contributed by atoms with van der Waals surface area (Å²) in [4.78, 5) is 26.2. The second kappa shape index (κ2) is 5.80. The number of carbonyl (C=O) groups is 1. The first-order valence-corrected chi connectivity index (χ1v) is 9.95. The van der Waals surface area contributed by atoms with Crippen molar-refractivity contribution >= 4 is 17.2 Å². The first-order valence-electron chi connectivity index (χ1n) is 9.95. The number of aryl methyl sites for hydroxylation is 1. The van der Waals surface area contributed by atoms with Gasteiger partial charge in [0.2, 0.25) is 0 Å². The summed E-state index contributed by atoms with van der Waals surface area (Å²) in [6.45, 7) is 3.17. The number of nitrogens with two attached hydrogens (primary N) is 1. The lowest BCUT2D eigenvalue weighted by Crippen LogP contribution is -2.44. The SMILES string of the molecule is Cc1c(N2C[C@H]3CCC[C@@]3(N)C2)c(F)cn2c(=O)c(C(=O)O)cc(C3CC3)c12. The lowest BCUT2D eigenvalue weighted by atomic mass is 9.92. The average Bonchev–Trinajstić information content (AvgIpc) is 3.32. The highest BCUT2D eigenvalue weighted by Gasteiger charge is 2.47. The first kappa shape index (κ1) is 17.7. The molecule has 28 heavy (non-hydrogen) atoms. The number of halogens is 1.